The molecule has 0 fully saturated rings. The summed E-state index contributed by atoms with van der Waals surface area (Å²) in [5.74, 6) is 1.89. The number of aromatic nitrogens is 7. The molecule has 0 saturated heterocycles. The molecule has 8 bridgehead atoms. The summed E-state index contributed by atoms with van der Waals surface area (Å²) in [6.07, 6.45) is 21.6. The van der Waals surface area contributed by atoms with E-state index in [2.05, 4.69) is 54.6 Å². The average Bonchev–Trinajstić information content (AvgIpc) is 1.59. The summed E-state index contributed by atoms with van der Waals surface area (Å²) in [5.41, 5.74) is 17.4. The van der Waals surface area contributed by atoms with Crippen LogP contribution in [0.5, 0.6) is 0 Å². The van der Waals surface area contributed by atoms with Crippen LogP contribution in [0.15, 0.2) is 54.6 Å². The molecule has 2 aliphatic heterocycles. The van der Waals surface area contributed by atoms with Crippen LogP contribution in [0.2, 0.25) is 0 Å². The molecule has 0 radical (unpaired) electrons. The second-order valence-electron chi connectivity index (χ2n) is 23.8. The SMILES string of the molecule is COCCCCc1ccc(CCCCOC)c2c1-c1cc3[n-]c(nc4nc(nc5[n-]c(nc-2n1)c1c(CCCCOC)ccc(CCCCOC)c51)-c1c(CCCCOC)ccc(CCCCOC)c1-4)c1c(CCCCOC)ccc(CCCCOC)c31.[O]=[V+2]. The van der Waals surface area contributed by atoms with Crippen molar-refractivity contribution < 1.29 is 58.9 Å². The van der Waals surface area contributed by atoms with Crippen LogP contribution in [0.3, 0.4) is 0 Å². The number of rotatable bonds is 40. The third-order valence-electron chi connectivity index (χ3n) is 17.5. The van der Waals surface area contributed by atoms with Gasteiger partial charge in [-0.1, -0.05) is 48.5 Å². The average molecular weight is 1270 g/mol. The molecule has 483 valence electrons. The van der Waals surface area contributed by atoms with Gasteiger partial charge in [0.05, 0.1) is 23.2 Å². The van der Waals surface area contributed by atoms with Crippen molar-refractivity contribution in [3.8, 4) is 45.4 Å². The number of benzene rings is 4. The number of unbranched alkanes of at least 4 members (excludes halogenated alkanes) is 8. The van der Waals surface area contributed by atoms with E-state index in [9.17, 15) is 0 Å². The molecule has 2 aliphatic rings. The van der Waals surface area contributed by atoms with Crippen LogP contribution in [0.4, 0.5) is 0 Å². The Morgan fingerprint density at radius 3 is 0.856 bits per heavy atom. The van der Waals surface area contributed by atoms with Gasteiger partial charge in [0, 0.05) is 143 Å². The second-order valence-corrected chi connectivity index (χ2v) is 23.8. The number of hydrogen-bond acceptors (Lipinski definition) is 14. The maximum absolute atomic E-state index is 8.19. The molecule has 90 heavy (non-hydrogen) atoms. The standard InChI is InChI=1S/C73H97N7O8.O.V/c1-81-41-17-9-25-50-33-35-52(27-11-19-43-83-3)62-60(50)58-49-59-61-51(26-10-18-42-82-2)34-36-53(28-12-20-44-84-4)63(61)69(75-59)77-71-65-55(30-14-22-46-86-6)38-40-57(32-16-24-48-88-8)67(65)73(79-71)80-72-66-56(31-15-23-47-87-7)39-37-54(29-13-21-45-85-5)64(66)70(78-72)76-68(62)74-58;;/h33-40,49H,9-32,41-48H2,1-8H3;;/q-2;;+2. The maximum atomic E-state index is 8.19. The number of hydrogen-bond donors (Lipinski definition) is 0. The van der Waals surface area contributed by atoms with E-state index in [-0.39, 0.29) is 0 Å². The number of fused-ring (bicyclic) bond motifs is 20. The van der Waals surface area contributed by atoms with E-state index in [0.717, 1.165) is 226 Å². The van der Waals surface area contributed by atoms with Gasteiger partial charge in [-0.15, -0.1) is 0 Å². The Balaban J connectivity index is 0.00000517. The van der Waals surface area contributed by atoms with Gasteiger partial charge >= 0.3 is 21.0 Å². The fourth-order valence-corrected chi connectivity index (χ4v) is 13.0. The molecule has 3 aromatic heterocycles. The van der Waals surface area contributed by atoms with Crippen LogP contribution in [0.1, 0.15) is 147 Å². The predicted molar refractivity (Wildman–Crippen MR) is 355 cm³/mol. The molecule has 0 N–H and O–H groups in total. The minimum atomic E-state index is 0.611. The molecule has 5 heterocycles. The van der Waals surface area contributed by atoms with Gasteiger partial charge in [0.1, 0.15) is 0 Å². The van der Waals surface area contributed by atoms with Crippen molar-refractivity contribution in [2.24, 2.45) is 0 Å². The van der Waals surface area contributed by atoms with Gasteiger partial charge in [-0.2, -0.15) is 0 Å². The van der Waals surface area contributed by atoms with Crippen LogP contribution in [0.25, 0.3) is 89.4 Å². The number of methoxy groups -OCH3 is 8. The summed E-state index contributed by atoms with van der Waals surface area (Å²) in [7, 11) is 14.2. The van der Waals surface area contributed by atoms with E-state index in [1.807, 2.05) is 0 Å². The zero-order chi connectivity index (χ0) is 63.5. The zero-order valence-electron chi connectivity index (χ0n) is 55.1. The summed E-state index contributed by atoms with van der Waals surface area (Å²) in [4.78, 5) is 40.5. The summed E-state index contributed by atoms with van der Waals surface area (Å²) in [5, 5.41) is 4.21. The minimum absolute atomic E-state index is 0.611. The quantitative estimate of drug-likeness (QED) is 0.0330. The first-order chi connectivity index (χ1) is 44.4. The van der Waals surface area contributed by atoms with Crippen LogP contribution in [0, 0.1) is 0 Å². The van der Waals surface area contributed by atoms with Gasteiger partial charge in [-0.05, 0) is 237 Å². The van der Waals surface area contributed by atoms with E-state index in [1.165, 1.54) is 44.5 Å². The molecule has 7 aromatic rings. The predicted octanol–water partition coefficient (Wildman–Crippen LogP) is 14.4. The molecule has 17 heteroatoms. The Hall–Kier alpha value is -5.63. The van der Waals surface area contributed by atoms with Crippen molar-refractivity contribution in [2.45, 2.75) is 154 Å². The number of ether oxygens (including phenoxy) is 8. The summed E-state index contributed by atoms with van der Waals surface area (Å²) in [6, 6.07) is 20.8. The topological polar surface area (TPSA) is 184 Å². The molecular weight excluding hydrogens is 1170 g/mol. The van der Waals surface area contributed by atoms with Gasteiger partial charge in [-0.25, -0.2) is 9.97 Å². The number of nitrogens with zero attached hydrogens (tertiary/aromatic N) is 7. The molecule has 16 nitrogen and oxygen atoms in total. The Labute approximate surface area is 543 Å². The fourth-order valence-electron chi connectivity index (χ4n) is 13.0. The van der Waals surface area contributed by atoms with E-state index < -0.39 is 0 Å². The van der Waals surface area contributed by atoms with Crippen molar-refractivity contribution in [3.63, 3.8) is 0 Å². The monoisotopic (exact) mass is 1270 g/mol. The molecule has 9 rings (SSSR count). The Morgan fingerprint density at radius 2 is 0.533 bits per heavy atom. The molecule has 0 unspecified atom stereocenters. The normalized spacial score (nSPS) is 11.9. The van der Waals surface area contributed by atoms with Gasteiger partial charge in [0.25, 0.3) is 0 Å². The Kier molecular flexibility index (Phi) is 29.5. The first-order valence-electron chi connectivity index (χ1n) is 32.9. The Morgan fingerprint density at radius 1 is 0.289 bits per heavy atom. The van der Waals surface area contributed by atoms with E-state index in [4.69, 9.17) is 76.5 Å². The van der Waals surface area contributed by atoms with Crippen LogP contribution in [-0.4, -0.2) is 135 Å². The summed E-state index contributed by atoms with van der Waals surface area (Å²) >= 11 is 1.06. The molecule has 0 spiro atoms. The number of aryl methyl sites for hydroxylation is 8. The van der Waals surface area contributed by atoms with Crippen LogP contribution >= 0.6 is 0 Å². The van der Waals surface area contributed by atoms with Gasteiger partial charge < -0.3 is 62.8 Å². The molecule has 0 amide bonds. The van der Waals surface area contributed by atoms with Gasteiger partial charge in [-0.3, -0.25) is 0 Å². The van der Waals surface area contributed by atoms with Crippen molar-refractivity contribution in [2.75, 3.05) is 110 Å². The summed E-state index contributed by atoms with van der Waals surface area (Å²) in [6.45, 7) is 5.52. The zero-order valence-corrected chi connectivity index (χ0v) is 56.5. The van der Waals surface area contributed by atoms with Gasteiger partial charge in [0.2, 0.25) is 0 Å². The molecule has 0 atom stereocenters. The van der Waals surface area contributed by atoms with Gasteiger partial charge in [0.15, 0.2) is 0 Å². The molecular formula is C73H97N7O9V. The van der Waals surface area contributed by atoms with Crippen LogP contribution in [-0.2, 0) is 110 Å². The van der Waals surface area contributed by atoms with Crippen LogP contribution < -0.4 is 9.97 Å². The molecule has 4 aromatic carbocycles. The van der Waals surface area contributed by atoms with Crippen molar-refractivity contribution >= 4 is 44.0 Å². The first kappa shape index (κ1) is 70.2. The summed E-state index contributed by atoms with van der Waals surface area (Å²) < 4.78 is 53.0. The van der Waals surface area contributed by atoms with E-state index in [0.29, 0.717) is 87.3 Å². The second kappa shape index (κ2) is 37.8. The fraction of sp³-hybridized carbons (Fsp3) is 0.548. The third kappa shape index (κ3) is 17.9. The van der Waals surface area contributed by atoms with Crippen molar-refractivity contribution in [1.82, 2.24) is 34.9 Å². The van der Waals surface area contributed by atoms with E-state index >= 15 is 0 Å². The third-order valence-corrected chi connectivity index (χ3v) is 17.5. The Bertz CT molecular complexity index is 3120. The van der Waals surface area contributed by atoms with Crippen molar-refractivity contribution in [3.05, 3.63) is 99.1 Å². The van der Waals surface area contributed by atoms with E-state index in [1.54, 1.807) is 56.9 Å². The first-order valence-corrected chi connectivity index (χ1v) is 33.5. The molecule has 0 saturated carbocycles. The molecule has 0 aliphatic carbocycles. The van der Waals surface area contributed by atoms with Crippen molar-refractivity contribution in [1.29, 1.82) is 0 Å².